The number of rotatable bonds is 2. The van der Waals surface area contributed by atoms with Crippen molar-refractivity contribution >= 4 is 41.1 Å². The van der Waals surface area contributed by atoms with Gasteiger partial charge in [-0.2, -0.15) is 0 Å². The van der Waals surface area contributed by atoms with E-state index in [-0.39, 0.29) is 11.7 Å². The monoisotopic (exact) mass is 401 g/mol. The number of fused-ring (bicyclic) bond motifs is 2. The summed E-state index contributed by atoms with van der Waals surface area (Å²) in [5, 5.41) is 0.591. The Morgan fingerprint density at radius 3 is 2.38 bits per heavy atom. The molecule has 1 heterocycles. The van der Waals surface area contributed by atoms with Crippen LogP contribution in [0.15, 0.2) is 60.7 Å². The molecule has 1 aliphatic heterocycles. The molecule has 4 heteroatoms. The van der Waals surface area contributed by atoms with Gasteiger partial charge in [0.2, 0.25) is 5.91 Å². The molecule has 0 bridgehead atoms. The fourth-order valence-corrected chi connectivity index (χ4v) is 3.89. The SMILES string of the molecule is CC(=O)c1ccccc1-c1ccc2c(c1)CN(C(C)=O)c1cc(Cl)ccc1/C=C\2. The summed E-state index contributed by atoms with van der Waals surface area (Å²) in [5.41, 5.74) is 6.33. The predicted octanol–water partition coefficient (Wildman–Crippen LogP) is 6.25. The van der Waals surface area contributed by atoms with Crippen molar-refractivity contribution in [2.75, 3.05) is 4.90 Å². The molecule has 29 heavy (non-hydrogen) atoms. The Balaban J connectivity index is 1.86. The van der Waals surface area contributed by atoms with Crippen molar-refractivity contribution in [3.05, 3.63) is 87.9 Å². The summed E-state index contributed by atoms with van der Waals surface area (Å²) in [4.78, 5) is 26.3. The molecule has 1 amide bonds. The molecule has 0 fully saturated rings. The molecule has 144 valence electrons. The van der Waals surface area contributed by atoms with Crippen molar-refractivity contribution in [3.63, 3.8) is 0 Å². The zero-order valence-corrected chi connectivity index (χ0v) is 17.0. The maximum atomic E-state index is 12.5. The fraction of sp³-hybridized carbons (Fsp3) is 0.120. The third-order valence-corrected chi connectivity index (χ3v) is 5.43. The summed E-state index contributed by atoms with van der Waals surface area (Å²) in [7, 11) is 0. The molecule has 1 aliphatic rings. The summed E-state index contributed by atoms with van der Waals surface area (Å²) < 4.78 is 0. The van der Waals surface area contributed by atoms with Crippen molar-refractivity contribution in [3.8, 4) is 11.1 Å². The first-order valence-electron chi connectivity index (χ1n) is 9.43. The lowest BCUT2D eigenvalue weighted by molar-refractivity contribution is -0.116. The van der Waals surface area contributed by atoms with Gasteiger partial charge in [-0.05, 0) is 52.9 Å². The van der Waals surface area contributed by atoms with Crippen LogP contribution in [0.4, 0.5) is 5.69 Å². The van der Waals surface area contributed by atoms with Crippen molar-refractivity contribution in [1.82, 2.24) is 0 Å². The second kappa shape index (κ2) is 7.69. The van der Waals surface area contributed by atoms with E-state index in [4.69, 9.17) is 11.6 Å². The van der Waals surface area contributed by atoms with Crippen molar-refractivity contribution in [2.24, 2.45) is 0 Å². The fourth-order valence-electron chi connectivity index (χ4n) is 3.72. The summed E-state index contributed by atoms with van der Waals surface area (Å²) in [6.45, 7) is 3.57. The van der Waals surface area contributed by atoms with E-state index in [1.807, 2.05) is 60.7 Å². The van der Waals surface area contributed by atoms with Crippen LogP contribution in [0, 0.1) is 0 Å². The zero-order chi connectivity index (χ0) is 20.5. The van der Waals surface area contributed by atoms with E-state index in [1.165, 1.54) is 0 Å². The van der Waals surface area contributed by atoms with Crippen LogP contribution in [0.1, 0.15) is 40.9 Å². The Bertz CT molecular complexity index is 1160. The molecule has 4 rings (SSSR count). The van der Waals surface area contributed by atoms with Crippen molar-refractivity contribution < 1.29 is 9.59 Å². The number of nitrogens with zero attached hydrogens (tertiary/aromatic N) is 1. The lowest BCUT2D eigenvalue weighted by Crippen LogP contribution is -2.29. The van der Waals surface area contributed by atoms with Gasteiger partial charge in [0.25, 0.3) is 0 Å². The molecule has 0 aliphatic carbocycles. The number of carbonyl (C=O) groups is 2. The van der Waals surface area contributed by atoms with Crippen LogP contribution in [-0.2, 0) is 11.3 Å². The van der Waals surface area contributed by atoms with Gasteiger partial charge in [-0.25, -0.2) is 0 Å². The third-order valence-electron chi connectivity index (χ3n) is 5.19. The molecule has 0 spiro atoms. The van der Waals surface area contributed by atoms with Gasteiger partial charge in [0.1, 0.15) is 0 Å². The number of amides is 1. The van der Waals surface area contributed by atoms with Crippen LogP contribution in [0.3, 0.4) is 0 Å². The highest BCUT2D eigenvalue weighted by molar-refractivity contribution is 6.31. The van der Waals surface area contributed by atoms with Gasteiger partial charge < -0.3 is 4.90 Å². The number of anilines is 1. The van der Waals surface area contributed by atoms with E-state index < -0.39 is 0 Å². The third kappa shape index (κ3) is 3.74. The van der Waals surface area contributed by atoms with Gasteiger partial charge in [0.15, 0.2) is 5.78 Å². The number of ketones is 1. The van der Waals surface area contributed by atoms with E-state index >= 15 is 0 Å². The lowest BCUT2D eigenvalue weighted by atomic mass is 9.93. The Morgan fingerprint density at radius 1 is 0.897 bits per heavy atom. The second-order valence-corrected chi connectivity index (χ2v) is 7.59. The zero-order valence-electron chi connectivity index (χ0n) is 16.3. The first kappa shape index (κ1) is 19.2. The van der Waals surface area contributed by atoms with E-state index in [1.54, 1.807) is 18.7 Å². The number of hydrogen-bond acceptors (Lipinski definition) is 2. The Kier molecular flexibility index (Phi) is 5.08. The standard InChI is InChI=1S/C25H20ClNO2/c1-16(28)23-5-3-4-6-24(23)20-10-8-18-7-9-19-11-12-22(26)14-25(19)27(17(2)29)15-21(18)13-20/h3-14H,15H2,1-2H3/b9-7-. The van der Waals surface area contributed by atoms with Crippen LogP contribution in [0.5, 0.6) is 0 Å². The van der Waals surface area contributed by atoms with E-state index in [0.717, 1.165) is 33.5 Å². The Morgan fingerprint density at radius 2 is 1.62 bits per heavy atom. The molecular formula is C25H20ClNO2. The number of Topliss-reactive ketones (excluding diaryl/α,β-unsaturated/α-hetero) is 1. The minimum atomic E-state index is -0.0516. The minimum Gasteiger partial charge on any atom is -0.308 e. The first-order valence-corrected chi connectivity index (χ1v) is 9.81. The molecule has 3 nitrogen and oxygen atoms in total. The van der Waals surface area contributed by atoms with Crippen LogP contribution in [0.2, 0.25) is 5.02 Å². The molecule has 3 aromatic rings. The molecule has 0 radical (unpaired) electrons. The van der Waals surface area contributed by atoms with Gasteiger partial charge in [-0.3, -0.25) is 9.59 Å². The summed E-state index contributed by atoms with van der Waals surface area (Å²) in [6.07, 6.45) is 4.06. The number of hydrogen-bond donors (Lipinski definition) is 0. The highest BCUT2D eigenvalue weighted by Crippen LogP contribution is 2.33. The topological polar surface area (TPSA) is 37.4 Å². The average molecular weight is 402 g/mol. The van der Waals surface area contributed by atoms with E-state index in [2.05, 4.69) is 12.1 Å². The first-order chi connectivity index (χ1) is 13.9. The highest BCUT2D eigenvalue weighted by Gasteiger charge is 2.20. The van der Waals surface area contributed by atoms with E-state index in [0.29, 0.717) is 17.1 Å². The number of halogens is 1. The summed E-state index contributed by atoms with van der Waals surface area (Å²) in [6, 6.07) is 19.3. The molecule has 0 atom stereocenters. The molecule has 0 N–H and O–H groups in total. The summed E-state index contributed by atoms with van der Waals surface area (Å²) >= 11 is 6.20. The minimum absolute atomic E-state index is 0.0289. The molecule has 0 saturated heterocycles. The number of carbonyl (C=O) groups excluding carboxylic acids is 2. The van der Waals surface area contributed by atoms with Crippen LogP contribution in [-0.4, -0.2) is 11.7 Å². The van der Waals surface area contributed by atoms with Gasteiger partial charge >= 0.3 is 0 Å². The second-order valence-electron chi connectivity index (χ2n) is 7.16. The van der Waals surface area contributed by atoms with Crippen molar-refractivity contribution in [1.29, 1.82) is 0 Å². The van der Waals surface area contributed by atoms with Crippen LogP contribution < -0.4 is 4.90 Å². The number of benzene rings is 3. The maximum Gasteiger partial charge on any atom is 0.224 e. The van der Waals surface area contributed by atoms with Gasteiger partial charge in [0.05, 0.1) is 12.2 Å². The average Bonchev–Trinajstić information content (AvgIpc) is 2.69. The highest BCUT2D eigenvalue weighted by atomic mass is 35.5. The van der Waals surface area contributed by atoms with Gasteiger partial charge in [-0.1, -0.05) is 66.2 Å². The Hall–Kier alpha value is -3.17. The van der Waals surface area contributed by atoms with Crippen LogP contribution >= 0.6 is 11.6 Å². The molecule has 0 unspecified atom stereocenters. The van der Waals surface area contributed by atoms with Crippen molar-refractivity contribution in [2.45, 2.75) is 20.4 Å². The molecule has 0 saturated carbocycles. The lowest BCUT2D eigenvalue weighted by Gasteiger charge is -2.26. The quantitative estimate of drug-likeness (QED) is 0.476. The Labute approximate surface area is 175 Å². The molecule has 3 aromatic carbocycles. The normalized spacial score (nSPS) is 13.7. The predicted molar refractivity (Wildman–Crippen MR) is 119 cm³/mol. The van der Waals surface area contributed by atoms with Gasteiger partial charge in [0, 0.05) is 17.5 Å². The van der Waals surface area contributed by atoms with Gasteiger partial charge in [-0.15, -0.1) is 0 Å². The maximum absolute atomic E-state index is 12.5. The molecular weight excluding hydrogens is 382 g/mol. The molecule has 0 aromatic heterocycles. The van der Waals surface area contributed by atoms with E-state index in [9.17, 15) is 9.59 Å². The smallest absolute Gasteiger partial charge is 0.224 e. The van der Waals surface area contributed by atoms with Crippen LogP contribution in [0.25, 0.3) is 23.3 Å². The summed E-state index contributed by atoms with van der Waals surface area (Å²) in [5.74, 6) is -0.0227. The largest absolute Gasteiger partial charge is 0.308 e.